The minimum absolute atomic E-state index is 0.0869. The molecular weight excluding hydrogens is 264 g/mol. The summed E-state index contributed by atoms with van der Waals surface area (Å²) >= 11 is 0. The van der Waals surface area contributed by atoms with Crippen molar-refractivity contribution in [2.45, 2.75) is 13.8 Å². The largest absolute Gasteiger partial charge is 0.438 e. The average molecular weight is 277 g/mol. The van der Waals surface area contributed by atoms with E-state index in [1.54, 1.807) is 19.9 Å². The maximum atomic E-state index is 13.2. The summed E-state index contributed by atoms with van der Waals surface area (Å²) in [5.74, 6) is -1.99. The Bertz CT molecular complexity index is 686. The van der Waals surface area contributed by atoms with Crippen LogP contribution in [0.2, 0.25) is 0 Å². The fraction of sp³-hybridized carbons (Fsp3) is 0.143. The monoisotopic (exact) mass is 277 g/mol. The van der Waals surface area contributed by atoms with Crippen molar-refractivity contribution < 1.29 is 13.5 Å². The molecule has 0 radical (unpaired) electrons. The Hall–Kier alpha value is -2.50. The van der Waals surface area contributed by atoms with Crippen LogP contribution < -0.4 is 10.5 Å². The first-order chi connectivity index (χ1) is 9.38. The standard InChI is InChI=1S/C14H13F2N3O/c1-7-5-8(2)19-14(12(7)13(17)18)20-9-3-4-10(15)11(16)6-9/h3-6H,1-2H3,(H3,17,18). The van der Waals surface area contributed by atoms with Gasteiger partial charge in [-0.1, -0.05) is 0 Å². The lowest BCUT2D eigenvalue weighted by Crippen LogP contribution is -2.15. The van der Waals surface area contributed by atoms with E-state index in [9.17, 15) is 8.78 Å². The van der Waals surface area contributed by atoms with E-state index >= 15 is 0 Å². The van der Waals surface area contributed by atoms with Gasteiger partial charge < -0.3 is 10.5 Å². The molecular formula is C14H13F2N3O. The number of nitrogen functional groups attached to an aromatic ring is 1. The number of nitrogens with one attached hydrogen (secondary N) is 1. The van der Waals surface area contributed by atoms with Gasteiger partial charge in [-0.3, -0.25) is 5.41 Å². The molecule has 0 unspecified atom stereocenters. The number of aryl methyl sites for hydroxylation is 2. The smallest absolute Gasteiger partial charge is 0.230 e. The Morgan fingerprint density at radius 1 is 1.20 bits per heavy atom. The molecule has 3 N–H and O–H groups in total. The topological polar surface area (TPSA) is 72.0 Å². The minimum Gasteiger partial charge on any atom is -0.438 e. The molecule has 0 saturated heterocycles. The molecule has 104 valence electrons. The van der Waals surface area contributed by atoms with Crippen LogP contribution in [0.15, 0.2) is 24.3 Å². The van der Waals surface area contributed by atoms with Gasteiger partial charge in [-0.15, -0.1) is 0 Å². The summed E-state index contributed by atoms with van der Waals surface area (Å²) in [5.41, 5.74) is 7.23. The minimum atomic E-state index is -1.02. The quantitative estimate of drug-likeness (QED) is 0.669. The molecule has 0 aliphatic rings. The predicted molar refractivity (Wildman–Crippen MR) is 71.2 cm³/mol. The van der Waals surface area contributed by atoms with Gasteiger partial charge in [-0.25, -0.2) is 13.8 Å². The van der Waals surface area contributed by atoms with E-state index in [1.165, 1.54) is 6.07 Å². The van der Waals surface area contributed by atoms with E-state index in [0.29, 0.717) is 11.3 Å². The molecule has 2 rings (SSSR count). The van der Waals surface area contributed by atoms with Crippen LogP contribution in [0.3, 0.4) is 0 Å². The van der Waals surface area contributed by atoms with Gasteiger partial charge in [0.1, 0.15) is 11.6 Å². The van der Waals surface area contributed by atoms with Gasteiger partial charge in [-0.05, 0) is 37.6 Å². The normalized spacial score (nSPS) is 10.4. The molecule has 1 aromatic heterocycles. The molecule has 4 nitrogen and oxygen atoms in total. The van der Waals surface area contributed by atoms with Crippen LogP contribution in [-0.2, 0) is 0 Å². The van der Waals surface area contributed by atoms with Crippen LogP contribution in [0.4, 0.5) is 8.78 Å². The number of hydrogen-bond acceptors (Lipinski definition) is 3. The molecule has 6 heteroatoms. The summed E-state index contributed by atoms with van der Waals surface area (Å²) in [7, 11) is 0. The highest BCUT2D eigenvalue weighted by atomic mass is 19.2. The number of benzene rings is 1. The lowest BCUT2D eigenvalue weighted by atomic mass is 10.1. The average Bonchev–Trinajstić information content (AvgIpc) is 2.32. The number of halogens is 2. The van der Waals surface area contributed by atoms with Crippen LogP contribution in [0.1, 0.15) is 16.8 Å². The predicted octanol–water partition coefficient (Wildman–Crippen LogP) is 3.05. The molecule has 1 aromatic carbocycles. The van der Waals surface area contributed by atoms with E-state index in [-0.39, 0.29) is 17.5 Å². The lowest BCUT2D eigenvalue weighted by molar-refractivity contribution is 0.445. The number of aromatic nitrogens is 1. The Balaban J connectivity index is 2.47. The summed E-state index contributed by atoms with van der Waals surface area (Å²) < 4.78 is 31.5. The molecule has 20 heavy (non-hydrogen) atoms. The highest BCUT2D eigenvalue weighted by molar-refractivity contribution is 5.98. The number of ether oxygens (including phenoxy) is 1. The number of nitrogens with two attached hydrogens (primary N) is 1. The zero-order valence-corrected chi connectivity index (χ0v) is 11.0. The van der Waals surface area contributed by atoms with E-state index in [2.05, 4.69) is 4.98 Å². The number of hydrogen-bond donors (Lipinski definition) is 2. The highest BCUT2D eigenvalue weighted by Crippen LogP contribution is 2.27. The first-order valence-electron chi connectivity index (χ1n) is 5.84. The van der Waals surface area contributed by atoms with Crippen molar-refractivity contribution in [2.75, 3.05) is 0 Å². The van der Waals surface area contributed by atoms with Crippen molar-refractivity contribution in [1.82, 2.24) is 4.98 Å². The summed E-state index contributed by atoms with van der Waals surface area (Å²) in [4.78, 5) is 4.14. The Morgan fingerprint density at radius 3 is 2.50 bits per heavy atom. The van der Waals surface area contributed by atoms with Crippen molar-refractivity contribution in [2.24, 2.45) is 5.73 Å². The van der Waals surface area contributed by atoms with Gasteiger partial charge in [-0.2, -0.15) is 0 Å². The van der Waals surface area contributed by atoms with Gasteiger partial charge in [0.15, 0.2) is 11.6 Å². The van der Waals surface area contributed by atoms with E-state index in [0.717, 1.165) is 17.7 Å². The SMILES string of the molecule is Cc1cc(C)c(C(=N)N)c(Oc2ccc(F)c(F)c2)n1. The van der Waals surface area contributed by atoms with Crippen molar-refractivity contribution in [3.8, 4) is 11.6 Å². The summed E-state index contributed by atoms with van der Waals surface area (Å²) in [6.45, 7) is 3.53. The fourth-order valence-electron chi connectivity index (χ4n) is 1.86. The fourth-order valence-corrected chi connectivity index (χ4v) is 1.86. The maximum Gasteiger partial charge on any atom is 0.230 e. The first-order valence-corrected chi connectivity index (χ1v) is 5.84. The maximum absolute atomic E-state index is 13.2. The second-order valence-corrected chi connectivity index (χ2v) is 4.35. The van der Waals surface area contributed by atoms with Crippen LogP contribution >= 0.6 is 0 Å². The van der Waals surface area contributed by atoms with Crippen LogP contribution in [-0.4, -0.2) is 10.8 Å². The summed E-state index contributed by atoms with van der Waals surface area (Å²) in [6, 6.07) is 4.91. The number of amidine groups is 1. The highest BCUT2D eigenvalue weighted by Gasteiger charge is 2.14. The van der Waals surface area contributed by atoms with Crippen LogP contribution in [0, 0.1) is 30.9 Å². The second kappa shape index (κ2) is 5.24. The van der Waals surface area contributed by atoms with E-state index in [1.807, 2.05) is 0 Å². The molecule has 0 atom stereocenters. The Kier molecular flexibility index (Phi) is 3.65. The zero-order valence-electron chi connectivity index (χ0n) is 11.0. The summed E-state index contributed by atoms with van der Waals surface area (Å²) in [6.07, 6.45) is 0. The third-order valence-electron chi connectivity index (χ3n) is 2.69. The third-order valence-corrected chi connectivity index (χ3v) is 2.69. The van der Waals surface area contributed by atoms with Gasteiger partial charge in [0.2, 0.25) is 5.88 Å². The van der Waals surface area contributed by atoms with E-state index < -0.39 is 11.6 Å². The number of rotatable bonds is 3. The first kappa shape index (κ1) is 13.9. The van der Waals surface area contributed by atoms with Crippen molar-refractivity contribution in [3.63, 3.8) is 0 Å². The zero-order chi connectivity index (χ0) is 14.9. The molecule has 0 amide bonds. The molecule has 1 heterocycles. The second-order valence-electron chi connectivity index (χ2n) is 4.35. The van der Waals surface area contributed by atoms with E-state index in [4.69, 9.17) is 15.9 Å². The number of nitrogens with zero attached hydrogens (tertiary/aromatic N) is 1. The Morgan fingerprint density at radius 2 is 1.90 bits per heavy atom. The lowest BCUT2D eigenvalue weighted by Gasteiger charge is -2.12. The van der Waals surface area contributed by atoms with Crippen LogP contribution in [0.5, 0.6) is 11.6 Å². The molecule has 0 aliphatic heterocycles. The molecule has 0 spiro atoms. The van der Waals surface area contributed by atoms with Crippen LogP contribution in [0.25, 0.3) is 0 Å². The van der Waals surface area contributed by atoms with Crippen molar-refractivity contribution >= 4 is 5.84 Å². The van der Waals surface area contributed by atoms with Crippen molar-refractivity contribution in [3.05, 3.63) is 52.7 Å². The molecule has 2 aromatic rings. The summed E-state index contributed by atoms with van der Waals surface area (Å²) in [5, 5.41) is 7.55. The Labute approximate surface area is 114 Å². The van der Waals surface area contributed by atoms with Crippen molar-refractivity contribution in [1.29, 1.82) is 5.41 Å². The number of pyridine rings is 1. The molecule has 0 aliphatic carbocycles. The molecule has 0 bridgehead atoms. The van der Waals surface area contributed by atoms with Gasteiger partial charge in [0.05, 0.1) is 5.56 Å². The van der Waals surface area contributed by atoms with Gasteiger partial charge in [0, 0.05) is 11.8 Å². The van der Waals surface area contributed by atoms with Gasteiger partial charge >= 0.3 is 0 Å². The molecule has 0 saturated carbocycles. The molecule has 0 fully saturated rings. The van der Waals surface area contributed by atoms with Gasteiger partial charge in [0.25, 0.3) is 0 Å². The third kappa shape index (κ3) is 2.74.